The molecule has 138 valence electrons. The number of hydrogen-bond acceptors (Lipinski definition) is 4. The number of piperidine rings is 1. The third-order valence-corrected chi connectivity index (χ3v) is 5.61. The van der Waals surface area contributed by atoms with Crippen LogP contribution in [0, 0.1) is 5.92 Å². The van der Waals surface area contributed by atoms with Crippen molar-refractivity contribution in [1.82, 2.24) is 9.47 Å². The van der Waals surface area contributed by atoms with E-state index < -0.39 is 0 Å². The normalized spacial score (nSPS) is 22.7. The van der Waals surface area contributed by atoms with Gasteiger partial charge in [0.2, 0.25) is 12.7 Å². The van der Waals surface area contributed by atoms with E-state index >= 15 is 0 Å². The Hall–Kier alpha value is -3.02. The summed E-state index contributed by atoms with van der Waals surface area (Å²) in [5.41, 5.74) is 2.02. The van der Waals surface area contributed by atoms with Gasteiger partial charge in [0.1, 0.15) is 0 Å². The molecular formula is C21H20N2O4. The van der Waals surface area contributed by atoms with Crippen molar-refractivity contribution in [2.45, 2.75) is 18.9 Å². The SMILES string of the molecule is O=C(/C=C/c1ccc2c(c1)OCO2)N1C[C@@H]2C[C@H](C1)c1cccc(=O)n1C2. The van der Waals surface area contributed by atoms with Gasteiger partial charge in [-0.1, -0.05) is 12.1 Å². The number of fused-ring (bicyclic) bond motifs is 5. The summed E-state index contributed by atoms with van der Waals surface area (Å²) >= 11 is 0. The third-order valence-electron chi connectivity index (χ3n) is 5.61. The number of ether oxygens (including phenoxy) is 2. The summed E-state index contributed by atoms with van der Waals surface area (Å²) in [5.74, 6) is 2.01. The lowest BCUT2D eigenvalue weighted by atomic mass is 9.83. The largest absolute Gasteiger partial charge is 0.454 e. The standard InChI is InChI=1S/C21H20N2O4/c24-20(7-5-14-4-6-18-19(9-14)27-13-26-18)22-10-15-8-16(12-22)17-2-1-3-21(25)23(17)11-15/h1-7,9,15-16H,8,10-13H2/b7-5+/t15-,16+/m0/s1. The molecule has 2 bridgehead atoms. The minimum absolute atomic E-state index is 0.00842. The Balaban J connectivity index is 1.33. The molecule has 1 fully saturated rings. The molecule has 1 saturated heterocycles. The van der Waals surface area contributed by atoms with Gasteiger partial charge in [-0.05, 0) is 42.2 Å². The van der Waals surface area contributed by atoms with Crippen molar-refractivity contribution in [3.8, 4) is 11.5 Å². The number of benzene rings is 1. The fraction of sp³-hybridized carbons (Fsp3) is 0.333. The van der Waals surface area contributed by atoms with Gasteiger partial charge in [-0.25, -0.2) is 0 Å². The fourth-order valence-electron chi connectivity index (χ4n) is 4.37. The second-order valence-corrected chi connectivity index (χ2v) is 7.39. The highest BCUT2D eigenvalue weighted by Crippen LogP contribution is 2.35. The quantitative estimate of drug-likeness (QED) is 0.767. The highest BCUT2D eigenvalue weighted by Gasteiger charge is 2.35. The summed E-state index contributed by atoms with van der Waals surface area (Å²) in [6, 6.07) is 11.1. The maximum Gasteiger partial charge on any atom is 0.250 e. The van der Waals surface area contributed by atoms with Crippen molar-refractivity contribution in [1.29, 1.82) is 0 Å². The first-order chi connectivity index (χ1) is 13.2. The molecule has 0 radical (unpaired) electrons. The van der Waals surface area contributed by atoms with Crippen LogP contribution in [0.25, 0.3) is 6.08 Å². The maximum absolute atomic E-state index is 12.7. The van der Waals surface area contributed by atoms with Crippen LogP contribution in [0.4, 0.5) is 0 Å². The van der Waals surface area contributed by atoms with Gasteiger partial charge >= 0.3 is 0 Å². The number of rotatable bonds is 2. The molecule has 4 heterocycles. The molecule has 1 aromatic carbocycles. The third kappa shape index (κ3) is 2.91. The predicted octanol–water partition coefficient (Wildman–Crippen LogP) is 2.24. The molecule has 1 aromatic heterocycles. The average Bonchev–Trinajstić information content (AvgIpc) is 3.14. The van der Waals surface area contributed by atoms with Crippen molar-refractivity contribution < 1.29 is 14.3 Å². The Bertz CT molecular complexity index is 994. The smallest absolute Gasteiger partial charge is 0.250 e. The van der Waals surface area contributed by atoms with Crippen LogP contribution < -0.4 is 15.0 Å². The first kappa shape index (κ1) is 16.2. The fourth-order valence-corrected chi connectivity index (χ4v) is 4.37. The Morgan fingerprint density at radius 2 is 1.96 bits per heavy atom. The number of likely N-dealkylation sites (tertiary alicyclic amines) is 1. The van der Waals surface area contributed by atoms with E-state index in [1.54, 1.807) is 12.1 Å². The summed E-state index contributed by atoms with van der Waals surface area (Å²) in [6.07, 6.45) is 4.48. The second-order valence-electron chi connectivity index (χ2n) is 7.39. The van der Waals surface area contributed by atoms with E-state index in [2.05, 4.69) is 0 Å². The van der Waals surface area contributed by atoms with Crippen molar-refractivity contribution in [3.63, 3.8) is 0 Å². The van der Waals surface area contributed by atoms with Gasteiger partial charge in [0.05, 0.1) is 0 Å². The van der Waals surface area contributed by atoms with E-state index in [4.69, 9.17) is 9.47 Å². The zero-order valence-corrected chi connectivity index (χ0v) is 14.8. The molecule has 27 heavy (non-hydrogen) atoms. The number of carbonyl (C=O) groups excluding carboxylic acids is 1. The zero-order chi connectivity index (χ0) is 18.4. The Morgan fingerprint density at radius 3 is 2.89 bits per heavy atom. The van der Waals surface area contributed by atoms with Crippen LogP contribution in [-0.2, 0) is 11.3 Å². The molecule has 0 aliphatic carbocycles. The van der Waals surface area contributed by atoms with Crippen LogP contribution in [0.5, 0.6) is 11.5 Å². The number of nitrogens with zero attached hydrogens (tertiary/aromatic N) is 2. The zero-order valence-electron chi connectivity index (χ0n) is 14.8. The molecule has 5 rings (SSSR count). The van der Waals surface area contributed by atoms with Crippen molar-refractivity contribution >= 4 is 12.0 Å². The summed E-state index contributed by atoms with van der Waals surface area (Å²) < 4.78 is 12.6. The molecule has 2 atom stereocenters. The Morgan fingerprint density at radius 1 is 1.07 bits per heavy atom. The number of pyridine rings is 1. The summed E-state index contributed by atoms with van der Waals surface area (Å²) in [6.45, 7) is 2.29. The molecule has 6 nitrogen and oxygen atoms in total. The van der Waals surface area contributed by atoms with Crippen molar-refractivity contribution in [2.75, 3.05) is 19.9 Å². The van der Waals surface area contributed by atoms with Crippen molar-refractivity contribution in [3.05, 3.63) is 64.1 Å². The lowest BCUT2D eigenvalue weighted by Crippen LogP contribution is -2.48. The molecule has 1 amide bonds. The second kappa shape index (κ2) is 6.30. The summed E-state index contributed by atoms with van der Waals surface area (Å²) in [5, 5.41) is 0. The number of hydrogen-bond donors (Lipinski definition) is 0. The lowest BCUT2D eigenvalue weighted by molar-refractivity contribution is -0.128. The molecule has 2 aromatic rings. The van der Waals surface area contributed by atoms with Crippen LogP contribution >= 0.6 is 0 Å². The average molecular weight is 364 g/mol. The maximum atomic E-state index is 12.7. The Labute approximate surface area is 156 Å². The highest BCUT2D eigenvalue weighted by atomic mass is 16.7. The van der Waals surface area contributed by atoms with E-state index in [1.165, 1.54) is 0 Å². The molecular weight excluding hydrogens is 344 g/mol. The van der Waals surface area contributed by atoms with Crippen LogP contribution in [0.15, 0.2) is 47.3 Å². The minimum Gasteiger partial charge on any atom is -0.454 e. The van der Waals surface area contributed by atoms with Crippen LogP contribution in [0.1, 0.15) is 23.6 Å². The highest BCUT2D eigenvalue weighted by molar-refractivity contribution is 5.92. The molecule has 0 N–H and O–H groups in total. The van der Waals surface area contributed by atoms with Gasteiger partial charge in [-0.3, -0.25) is 9.59 Å². The van der Waals surface area contributed by atoms with E-state index in [9.17, 15) is 9.59 Å². The molecule has 0 unspecified atom stereocenters. The van der Waals surface area contributed by atoms with Gasteiger partial charge in [-0.2, -0.15) is 0 Å². The molecule has 6 heteroatoms. The van der Waals surface area contributed by atoms with E-state index in [1.807, 2.05) is 45.9 Å². The topological polar surface area (TPSA) is 60.8 Å². The van der Waals surface area contributed by atoms with E-state index in [0.717, 1.165) is 23.4 Å². The van der Waals surface area contributed by atoms with E-state index in [0.29, 0.717) is 31.3 Å². The number of aromatic nitrogens is 1. The van der Waals surface area contributed by atoms with Gasteiger partial charge in [-0.15, -0.1) is 0 Å². The monoisotopic (exact) mass is 364 g/mol. The predicted molar refractivity (Wildman–Crippen MR) is 99.7 cm³/mol. The van der Waals surface area contributed by atoms with Gasteiger partial charge in [0.25, 0.3) is 5.56 Å². The Kier molecular flexibility index (Phi) is 3.77. The van der Waals surface area contributed by atoms with Gasteiger partial charge in [0, 0.05) is 43.4 Å². The molecule has 3 aliphatic heterocycles. The first-order valence-electron chi connectivity index (χ1n) is 9.24. The van der Waals surface area contributed by atoms with Crippen LogP contribution in [0.2, 0.25) is 0 Å². The minimum atomic E-state index is 0.00842. The van der Waals surface area contributed by atoms with Gasteiger partial charge < -0.3 is 18.9 Å². The first-order valence-corrected chi connectivity index (χ1v) is 9.24. The molecule has 0 spiro atoms. The van der Waals surface area contributed by atoms with Crippen molar-refractivity contribution in [2.24, 2.45) is 5.92 Å². The van der Waals surface area contributed by atoms with Gasteiger partial charge in [0.15, 0.2) is 11.5 Å². The molecule has 0 saturated carbocycles. The number of amides is 1. The number of carbonyl (C=O) groups is 1. The van der Waals surface area contributed by atoms with Crippen LogP contribution in [0.3, 0.4) is 0 Å². The van der Waals surface area contributed by atoms with E-state index in [-0.39, 0.29) is 24.2 Å². The molecule has 3 aliphatic rings. The summed E-state index contributed by atoms with van der Waals surface area (Å²) in [7, 11) is 0. The summed E-state index contributed by atoms with van der Waals surface area (Å²) in [4.78, 5) is 26.7. The van der Waals surface area contributed by atoms with Crippen LogP contribution in [-0.4, -0.2) is 35.3 Å². The lowest BCUT2D eigenvalue weighted by Gasteiger charge is -2.42.